The molecule has 0 bridgehead atoms. The van der Waals surface area contributed by atoms with Crippen LogP contribution in [0, 0.1) is 0 Å². The number of aromatic nitrogens is 1. The Labute approximate surface area is 139 Å². The summed E-state index contributed by atoms with van der Waals surface area (Å²) in [5.74, 6) is -0.338. The highest BCUT2D eigenvalue weighted by atomic mass is 79.9. The molecular formula is C16H12BrF3N2O. The summed E-state index contributed by atoms with van der Waals surface area (Å²) in [6, 6.07) is 7.65. The highest BCUT2D eigenvalue weighted by Crippen LogP contribution is 2.31. The second kappa shape index (κ2) is 5.96. The molecule has 3 nitrogen and oxygen atoms in total. The molecule has 0 fully saturated rings. The lowest BCUT2D eigenvalue weighted by atomic mass is 10.0. The summed E-state index contributed by atoms with van der Waals surface area (Å²) in [6.07, 6.45) is -1.85. The Morgan fingerprint density at radius 2 is 2.00 bits per heavy atom. The van der Waals surface area contributed by atoms with E-state index >= 15 is 0 Å². The van der Waals surface area contributed by atoms with Gasteiger partial charge in [-0.15, -0.1) is 0 Å². The van der Waals surface area contributed by atoms with Crippen LogP contribution in [0.1, 0.15) is 28.0 Å². The number of aryl methyl sites for hydroxylation is 1. The molecule has 0 atom stereocenters. The molecule has 1 aromatic heterocycles. The number of amides is 1. The zero-order valence-electron chi connectivity index (χ0n) is 11.9. The van der Waals surface area contributed by atoms with E-state index in [-0.39, 0.29) is 11.5 Å². The molecule has 7 heteroatoms. The molecule has 0 saturated heterocycles. The van der Waals surface area contributed by atoms with Crippen LogP contribution in [0.25, 0.3) is 0 Å². The topological polar surface area (TPSA) is 33.2 Å². The highest BCUT2D eigenvalue weighted by molar-refractivity contribution is 9.10. The van der Waals surface area contributed by atoms with Crippen LogP contribution in [-0.4, -0.2) is 17.4 Å². The van der Waals surface area contributed by atoms with Gasteiger partial charge in [0.15, 0.2) is 0 Å². The molecule has 0 N–H and O–H groups in total. The number of fused-ring (bicyclic) bond motifs is 1. The quantitative estimate of drug-likeness (QED) is 0.727. The average molecular weight is 385 g/mol. The maximum atomic E-state index is 12.6. The zero-order chi connectivity index (χ0) is 16.6. The minimum absolute atomic E-state index is 0.147. The van der Waals surface area contributed by atoms with Crippen molar-refractivity contribution in [2.75, 3.05) is 11.4 Å². The van der Waals surface area contributed by atoms with Crippen molar-refractivity contribution in [3.05, 3.63) is 57.8 Å². The van der Waals surface area contributed by atoms with E-state index in [4.69, 9.17) is 0 Å². The van der Waals surface area contributed by atoms with E-state index in [1.807, 2.05) is 18.2 Å². The van der Waals surface area contributed by atoms with Crippen molar-refractivity contribution in [3.8, 4) is 0 Å². The first-order chi connectivity index (χ1) is 10.9. The van der Waals surface area contributed by atoms with E-state index in [9.17, 15) is 18.0 Å². The SMILES string of the molecule is O=C(c1ccc(C(F)(F)F)nc1)N1CCCc2cc(Br)ccc21. The molecule has 2 aromatic rings. The fourth-order valence-electron chi connectivity index (χ4n) is 2.62. The number of pyridine rings is 1. The van der Waals surface area contributed by atoms with E-state index < -0.39 is 11.9 Å². The second-order valence-electron chi connectivity index (χ2n) is 5.26. The van der Waals surface area contributed by atoms with E-state index in [2.05, 4.69) is 20.9 Å². The van der Waals surface area contributed by atoms with Gasteiger partial charge in [0.25, 0.3) is 5.91 Å². The first-order valence-electron chi connectivity index (χ1n) is 7.00. The van der Waals surface area contributed by atoms with Crippen LogP contribution in [0.15, 0.2) is 41.0 Å². The Balaban J connectivity index is 1.90. The molecule has 1 amide bonds. The predicted molar refractivity (Wildman–Crippen MR) is 83.4 cm³/mol. The van der Waals surface area contributed by atoms with E-state index in [1.54, 1.807) is 4.90 Å². The minimum atomic E-state index is -4.51. The van der Waals surface area contributed by atoms with Crippen molar-refractivity contribution in [3.63, 3.8) is 0 Å². The number of nitrogens with zero attached hydrogens (tertiary/aromatic N) is 2. The molecule has 0 radical (unpaired) electrons. The molecule has 0 aliphatic carbocycles. The first kappa shape index (κ1) is 16.0. The number of benzene rings is 1. The van der Waals surface area contributed by atoms with E-state index in [0.717, 1.165) is 40.8 Å². The lowest BCUT2D eigenvalue weighted by Crippen LogP contribution is -2.35. The van der Waals surface area contributed by atoms with E-state index in [1.165, 1.54) is 6.07 Å². The average Bonchev–Trinajstić information content (AvgIpc) is 2.52. The predicted octanol–water partition coefficient (Wildman–Crippen LogP) is 4.46. The Morgan fingerprint density at radius 1 is 1.22 bits per heavy atom. The third-order valence-corrected chi connectivity index (χ3v) is 4.20. The molecule has 0 unspecified atom stereocenters. The van der Waals surface area contributed by atoms with Crippen molar-refractivity contribution in [1.29, 1.82) is 0 Å². The fraction of sp³-hybridized carbons (Fsp3) is 0.250. The Bertz CT molecular complexity index is 744. The molecule has 0 saturated carbocycles. The van der Waals surface area contributed by atoms with E-state index in [0.29, 0.717) is 6.54 Å². The third kappa shape index (κ3) is 3.24. The van der Waals surface area contributed by atoms with Gasteiger partial charge in [0, 0.05) is 22.9 Å². The molecule has 23 heavy (non-hydrogen) atoms. The molecule has 3 rings (SSSR count). The van der Waals surface area contributed by atoms with Crippen LogP contribution in [0.5, 0.6) is 0 Å². The van der Waals surface area contributed by atoms with Gasteiger partial charge < -0.3 is 4.90 Å². The van der Waals surface area contributed by atoms with Gasteiger partial charge in [-0.1, -0.05) is 15.9 Å². The summed E-state index contributed by atoms with van der Waals surface area (Å²) in [4.78, 5) is 17.6. The lowest BCUT2D eigenvalue weighted by molar-refractivity contribution is -0.141. The second-order valence-corrected chi connectivity index (χ2v) is 6.18. The van der Waals surface area contributed by atoms with Crippen molar-refractivity contribution < 1.29 is 18.0 Å². The number of hydrogen-bond donors (Lipinski definition) is 0. The van der Waals surface area contributed by atoms with Gasteiger partial charge in [0.2, 0.25) is 0 Å². The minimum Gasteiger partial charge on any atom is -0.308 e. The summed E-state index contributed by atoms with van der Waals surface area (Å²) in [7, 11) is 0. The number of alkyl halides is 3. The standard InChI is InChI=1S/C16H12BrF3N2O/c17-12-4-5-13-10(8-12)2-1-7-22(13)15(23)11-3-6-14(21-9-11)16(18,19)20/h3-6,8-9H,1-2,7H2. The van der Waals surface area contributed by atoms with Crippen LogP contribution >= 0.6 is 15.9 Å². The first-order valence-corrected chi connectivity index (χ1v) is 7.79. The summed E-state index contributed by atoms with van der Waals surface area (Å²) in [6.45, 7) is 0.536. The van der Waals surface area contributed by atoms with Gasteiger partial charge in [-0.2, -0.15) is 13.2 Å². The summed E-state index contributed by atoms with van der Waals surface area (Å²) in [5, 5.41) is 0. The molecule has 0 spiro atoms. The fourth-order valence-corrected chi connectivity index (χ4v) is 3.03. The highest BCUT2D eigenvalue weighted by Gasteiger charge is 2.32. The van der Waals surface area contributed by atoms with Crippen molar-refractivity contribution in [2.24, 2.45) is 0 Å². The molecule has 2 heterocycles. The van der Waals surface area contributed by atoms with Crippen LogP contribution in [0.4, 0.5) is 18.9 Å². The smallest absolute Gasteiger partial charge is 0.308 e. The maximum absolute atomic E-state index is 12.6. The third-order valence-electron chi connectivity index (χ3n) is 3.71. The molecule has 1 aliphatic rings. The maximum Gasteiger partial charge on any atom is 0.433 e. The monoisotopic (exact) mass is 384 g/mol. The van der Waals surface area contributed by atoms with Gasteiger partial charge in [-0.25, -0.2) is 0 Å². The largest absolute Gasteiger partial charge is 0.433 e. The number of halogens is 4. The van der Waals surface area contributed by atoms with Crippen LogP contribution in [0.3, 0.4) is 0 Å². The number of anilines is 1. The Hall–Kier alpha value is -1.89. The number of rotatable bonds is 1. The van der Waals surface area contributed by atoms with Crippen LogP contribution < -0.4 is 4.90 Å². The van der Waals surface area contributed by atoms with Crippen LogP contribution in [0.2, 0.25) is 0 Å². The van der Waals surface area contributed by atoms with Crippen molar-refractivity contribution in [2.45, 2.75) is 19.0 Å². The summed E-state index contributed by atoms with van der Waals surface area (Å²) >= 11 is 3.40. The number of hydrogen-bond acceptors (Lipinski definition) is 2. The molecular weight excluding hydrogens is 373 g/mol. The summed E-state index contributed by atoms with van der Waals surface area (Å²) < 4.78 is 38.6. The van der Waals surface area contributed by atoms with Crippen LogP contribution in [-0.2, 0) is 12.6 Å². The number of carbonyl (C=O) groups excluding carboxylic acids is 1. The lowest BCUT2D eigenvalue weighted by Gasteiger charge is -2.29. The van der Waals surface area contributed by atoms with Crippen molar-refractivity contribution >= 4 is 27.5 Å². The molecule has 1 aromatic carbocycles. The zero-order valence-corrected chi connectivity index (χ0v) is 13.5. The van der Waals surface area contributed by atoms with Gasteiger partial charge in [0.1, 0.15) is 5.69 Å². The Morgan fingerprint density at radius 3 is 2.65 bits per heavy atom. The summed E-state index contributed by atoms with van der Waals surface area (Å²) in [5.41, 5.74) is 0.981. The normalized spacial score (nSPS) is 14.5. The Kier molecular flexibility index (Phi) is 4.14. The van der Waals surface area contributed by atoms with Gasteiger partial charge in [0.05, 0.1) is 5.56 Å². The van der Waals surface area contributed by atoms with Gasteiger partial charge in [-0.3, -0.25) is 9.78 Å². The molecule has 1 aliphatic heterocycles. The van der Waals surface area contributed by atoms with Gasteiger partial charge in [-0.05, 0) is 48.7 Å². The molecule has 120 valence electrons. The number of carbonyl (C=O) groups is 1. The van der Waals surface area contributed by atoms with Gasteiger partial charge >= 0.3 is 6.18 Å². The van der Waals surface area contributed by atoms with Crippen molar-refractivity contribution in [1.82, 2.24) is 4.98 Å².